The first kappa shape index (κ1) is 72.6. The first-order chi connectivity index (χ1) is 37.7. The van der Waals surface area contributed by atoms with Crippen molar-refractivity contribution in [1.29, 1.82) is 0 Å². The fourth-order valence-corrected chi connectivity index (χ4v) is 10.2. The fraction of sp³-hybridized carbons (Fsp3) is 0.848. The standard InChI is InChI=1S/C66H121NO10/c1-4-7-10-13-16-19-22-25-26-27-28-29-30-31-32-33-34-36-39-42-45-48-51-54-61(71)77-64-63(73)62(72)60(55-68)76-66(64)75-56-57(58(69)52-49-46-43-40-38-35-23-20-17-14-11-8-5-2)67-65(74)59(70)53-50-47-44-41-37-24-21-18-15-12-9-6-3/h9,12,15,18,21,24,49,52,57-60,62-64,66,68-70,72-73H,4-8,10-11,13-14,16-17,19-20,22-23,25-48,50-51,53-56H2,1-3H3,(H,67,74)/b12-9+,18-15+,24-21-,52-49+. The van der Waals surface area contributed by atoms with Crippen molar-refractivity contribution in [1.82, 2.24) is 5.32 Å². The number of amides is 1. The zero-order valence-corrected chi connectivity index (χ0v) is 49.8. The Bertz CT molecular complexity index is 1440. The van der Waals surface area contributed by atoms with Crippen LogP contribution >= 0.6 is 0 Å². The Morgan fingerprint density at radius 3 is 1.39 bits per heavy atom. The molecule has 0 aromatic rings. The highest BCUT2D eigenvalue weighted by atomic mass is 16.7. The minimum absolute atomic E-state index is 0.125. The van der Waals surface area contributed by atoms with Crippen LogP contribution in [0.25, 0.3) is 0 Å². The Labute approximate surface area is 472 Å². The maximum absolute atomic E-state index is 13.4. The lowest BCUT2D eigenvalue weighted by atomic mass is 9.99. The highest BCUT2D eigenvalue weighted by Gasteiger charge is 2.47. The number of aliphatic hydroxyl groups excluding tert-OH is 5. The molecule has 1 saturated heterocycles. The number of unbranched alkanes of at least 4 members (excludes halogenated alkanes) is 37. The minimum Gasteiger partial charge on any atom is -0.454 e. The van der Waals surface area contributed by atoms with E-state index in [0.717, 1.165) is 70.6 Å². The van der Waals surface area contributed by atoms with Crippen molar-refractivity contribution in [3.63, 3.8) is 0 Å². The van der Waals surface area contributed by atoms with Crippen LogP contribution in [0.4, 0.5) is 0 Å². The van der Waals surface area contributed by atoms with Crippen LogP contribution in [0.5, 0.6) is 0 Å². The SMILES string of the molecule is CC/C=C/C=C/C=C\CCCCCCC(O)C(=O)NC(COC1OC(CO)C(O)C(O)C1OC(=O)CCCCCCCCCCCCCCCCCCCCCCCCC)C(O)/C=C/CCCCCCCCCCCCC. The van der Waals surface area contributed by atoms with Gasteiger partial charge in [0.1, 0.15) is 24.4 Å². The average Bonchev–Trinajstić information content (AvgIpc) is 3.43. The van der Waals surface area contributed by atoms with Gasteiger partial charge in [0.15, 0.2) is 12.4 Å². The molecule has 1 heterocycles. The number of allylic oxidation sites excluding steroid dienone is 7. The number of carbonyl (C=O) groups excluding carboxylic acids is 2. The summed E-state index contributed by atoms with van der Waals surface area (Å²) in [7, 11) is 0. The fourth-order valence-electron chi connectivity index (χ4n) is 10.2. The van der Waals surface area contributed by atoms with Gasteiger partial charge in [-0.05, 0) is 44.9 Å². The molecule has 1 fully saturated rings. The van der Waals surface area contributed by atoms with Gasteiger partial charge in [-0.1, -0.05) is 294 Å². The number of esters is 1. The van der Waals surface area contributed by atoms with Crippen molar-refractivity contribution in [2.75, 3.05) is 13.2 Å². The van der Waals surface area contributed by atoms with Crippen molar-refractivity contribution in [2.24, 2.45) is 0 Å². The zero-order chi connectivity index (χ0) is 56.1. The van der Waals surface area contributed by atoms with E-state index < -0.39 is 67.4 Å². The van der Waals surface area contributed by atoms with E-state index in [-0.39, 0.29) is 19.4 Å². The first-order valence-corrected chi connectivity index (χ1v) is 32.4. The monoisotopic (exact) mass is 1090 g/mol. The Morgan fingerprint density at radius 2 is 0.935 bits per heavy atom. The van der Waals surface area contributed by atoms with E-state index in [0.29, 0.717) is 12.8 Å². The van der Waals surface area contributed by atoms with Gasteiger partial charge in [0, 0.05) is 6.42 Å². The average molecular weight is 1090 g/mol. The second-order valence-corrected chi connectivity index (χ2v) is 22.5. The summed E-state index contributed by atoms with van der Waals surface area (Å²) < 4.78 is 17.6. The summed E-state index contributed by atoms with van der Waals surface area (Å²) in [5, 5.41) is 57.0. The molecular formula is C66H121NO10. The van der Waals surface area contributed by atoms with Crippen molar-refractivity contribution < 1.29 is 49.3 Å². The van der Waals surface area contributed by atoms with Gasteiger partial charge < -0.3 is 45.1 Å². The number of rotatable bonds is 55. The van der Waals surface area contributed by atoms with Crippen LogP contribution in [-0.4, -0.2) is 99.6 Å². The van der Waals surface area contributed by atoms with Gasteiger partial charge in [-0.15, -0.1) is 0 Å². The molecule has 11 heteroatoms. The number of hydrogen-bond acceptors (Lipinski definition) is 10. The van der Waals surface area contributed by atoms with Crippen LogP contribution in [0.3, 0.4) is 0 Å². The van der Waals surface area contributed by atoms with Gasteiger partial charge in [-0.2, -0.15) is 0 Å². The molecule has 1 aliphatic rings. The van der Waals surface area contributed by atoms with Crippen LogP contribution < -0.4 is 5.32 Å². The van der Waals surface area contributed by atoms with Gasteiger partial charge in [0.05, 0.1) is 25.4 Å². The number of aliphatic hydroxyl groups is 5. The molecule has 1 amide bonds. The smallest absolute Gasteiger partial charge is 0.306 e. The van der Waals surface area contributed by atoms with Crippen LogP contribution in [0, 0.1) is 0 Å². The summed E-state index contributed by atoms with van der Waals surface area (Å²) in [6.07, 6.45) is 55.9. The Balaban J connectivity index is 2.60. The predicted molar refractivity (Wildman–Crippen MR) is 320 cm³/mol. The van der Waals surface area contributed by atoms with Gasteiger partial charge in [0.25, 0.3) is 0 Å². The van der Waals surface area contributed by atoms with Gasteiger partial charge in [-0.25, -0.2) is 0 Å². The van der Waals surface area contributed by atoms with Crippen LogP contribution in [-0.2, 0) is 23.8 Å². The van der Waals surface area contributed by atoms with Crippen molar-refractivity contribution in [2.45, 2.75) is 346 Å². The molecule has 0 radical (unpaired) electrons. The molecule has 77 heavy (non-hydrogen) atoms. The van der Waals surface area contributed by atoms with E-state index in [2.05, 4.69) is 38.2 Å². The van der Waals surface area contributed by atoms with Gasteiger partial charge in [0.2, 0.25) is 5.91 Å². The Hall–Kier alpha value is -2.38. The number of ether oxygens (including phenoxy) is 3. The summed E-state index contributed by atoms with van der Waals surface area (Å²) in [6.45, 7) is 5.67. The van der Waals surface area contributed by atoms with E-state index in [9.17, 15) is 35.1 Å². The molecule has 450 valence electrons. The molecule has 0 spiro atoms. The summed E-state index contributed by atoms with van der Waals surface area (Å²) in [6, 6.07) is -1.03. The van der Waals surface area contributed by atoms with Crippen LogP contribution in [0.1, 0.15) is 297 Å². The first-order valence-electron chi connectivity index (χ1n) is 32.4. The summed E-state index contributed by atoms with van der Waals surface area (Å²) >= 11 is 0. The minimum atomic E-state index is -1.62. The number of nitrogens with one attached hydrogen (secondary N) is 1. The van der Waals surface area contributed by atoms with E-state index in [4.69, 9.17) is 14.2 Å². The lowest BCUT2D eigenvalue weighted by Gasteiger charge is -2.41. The van der Waals surface area contributed by atoms with Gasteiger partial charge >= 0.3 is 5.97 Å². The maximum Gasteiger partial charge on any atom is 0.306 e. The van der Waals surface area contributed by atoms with Crippen molar-refractivity contribution in [3.8, 4) is 0 Å². The van der Waals surface area contributed by atoms with Crippen LogP contribution in [0.2, 0.25) is 0 Å². The summed E-state index contributed by atoms with van der Waals surface area (Å²) in [5.41, 5.74) is 0. The molecule has 8 atom stereocenters. The number of hydrogen-bond donors (Lipinski definition) is 6. The second kappa shape index (κ2) is 54.2. The third-order valence-corrected chi connectivity index (χ3v) is 15.3. The van der Waals surface area contributed by atoms with E-state index in [1.807, 2.05) is 30.4 Å². The quantitative estimate of drug-likeness (QED) is 0.0149. The molecule has 6 N–H and O–H groups in total. The lowest BCUT2D eigenvalue weighted by molar-refractivity contribution is -0.305. The zero-order valence-electron chi connectivity index (χ0n) is 49.8. The van der Waals surface area contributed by atoms with E-state index in [1.165, 1.54) is 180 Å². The predicted octanol–water partition coefficient (Wildman–Crippen LogP) is 15.6. The van der Waals surface area contributed by atoms with Crippen molar-refractivity contribution in [3.05, 3.63) is 48.6 Å². The molecule has 11 nitrogen and oxygen atoms in total. The molecule has 0 aromatic carbocycles. The molecule has 0 saturated carbocycles. The summed E-state index contributed by atoms with van der Waals surface area (Å²) in [5.74, 6) is -1.21. The molecule has 0 aromatic heterocycles. The lowest BCUT2D eigenvalue weighted by Crippen LogP contribution is -2.61. The van der Waals surface area contributed by atoms with E-state index >= 15 is 0 Å². The second-order valence-electron chi connectivity index (χ2n) is 22.5. The molecule has 0 bridgehead atoms. The maximum atomic E-state index is 13.4. The molecular weight excluding hydrogens is 967 g/mol. The topological polar surface area (TPSA) is 175 Å². The van der Waals surface area contributed by atoms with E-state index in [1.54, 1.807) is 6.08 Å². The Kier molecular flexibility index (Phi) is 51.1. The largest absolute Gasteiger partial charge is 0.454 e. The third-order valence-electron chi connectivity index (χ3n) is 15.3. The third kappa shape index (κ3) is 42.2. The molecule has 1 aliphatic heterocycles. The normalized spacial score (nSPS) is 19.3. The number of carbonyl (C=O) groups is 2. The molecule has 1 rings (SSSR count). The summed E-state index contributed by atoms with van der Waals surface area (Å²) in [4.78, 5) is 26.5. The van der Waals surface area contributed by atoms with Crippen LogP contribution in [0.15, 0.2) is 48.6 Å². The molecule has 8 unspecified atom stereocenters. The van der Waals surface area contributed by atoms with Gasteiger partial charge in [-0.3, -0.25) is 9.59 Å². The highest BCUT2D eigenvalue weighted by molar-refractivity contribution is 5.80. The van der Waals surface area contributed by atoms with Crippen molar-refractivity contribution >= 4 is 11.9 Å². The molecule has 0 aliphatic carbocycles. The Morgan fingerprint density at radius 1 is 0.519 bits per heavy atom. The highest BCUT2D eigenvalue weighted by Crippen LogP contribution is 2.26.